The summed E-state index contributed by atoms with van der Waals surface area (Å²) in [4.78, 5) is 11.1. The lowest BCUT2D eigenvalue weighted by molar-refractivity contribution is -0.118. The van der Waals surface area contributed by atoms with Gasteiger partial charge in [0.05, 0.1) is 23.2 Å². The third-order valence-electron chi connectivity index (χ3n) is 3.81. The predicted octanol–water partition coefficient (Wildman–Crippen LogP) is -5.40. The number of nitrogens with one attached hydrogen (secondary N) is 2. The molecule has 0 unspecified atom stereocenters. The molecule has 19 heavy (non-hydrogen) atoms. The van der Waals surface area contributed by atoms with Crippen LogP contribution in [-0.2, 0) is 4.79 Å². The molecule has 0 atom stereocenters. The van der Waals surface area contributed by atoms with Crippen molar-refractivity contribution in [3.63, 3.8) is 0 Å². The summed E-state index contributed by atoms with van der Waals surface area (Å²) in [5.41, 5.74) is 13.5. The van der Waals surface area contributed by atoms with Gasteiger partial charge in [0, 0.05) is 12.6 Å². The highest BCUT2D eigenvalue weighted by Crippen LogP contribution is 2.10. The Morgan fingerprint density at radius 1 is 1.26 bits per heavy atom. The number of amides is 1. The molecule has 1 aromatic rings. The Bertz CT molecular complexity index is 506. The van der Waals surface area contributed by atoms with Gasteiger partial charge in [-0.05, 0) is 19.4 Å². The van der Waals surface area contributed by atoms with Gasteiger partial charge in [-0.2, -0.15) is 0 Å². The van der Waals surface area contributed by atoms with Gasteiger partial charge in [0.25, 0.3) is 0 Å². The monoisotopic (exact) mass is 250 g/mol. The van der Waals surface area contributed by atoms with Crippen molar-refractivity contribution in [2.24, 2.45) is 0 Å². The summed E-state index contributed by atoms with van der Waals surface area (Å²) in [6, 6.07) is 0. The number of hydrogen-bond acceptors (Lipinski definition) is 2. The van der Waals surface area contributed by atoms with E-state index in [2.05, 4.69) is 55.8 Å². The Labute approximate surface area is 120 Å². The van der Waals surface area contributed by atoms with Gasteiger partial charge in [0.15, 0.2) is 0 Å². The SMILES string of the molecule is BBc1c(B)c(C)c(NNC(C)=O)c(B(B)B)c1C. The van der Waals surface area contributed by atoms with Crippen LogP contribution in [0.2, 0.25) is 0 Å². The summed E-state index contributed by atoms with van der Waals surface area (Å²) < 4.78 is 0. The molecule has 9 heteroatoms. The minimum absolute atomic E-state index is 0.0796. The third kappa shape index (κ3) is 3.26. The summed E-state index contributed by atoms with van der Waals surface area (Å²) in [5.74, 6) is -0.0796. The average molecular weight is 249 g/mol. The smallest absolute Gasteiger partial charge is 0.235 e. The lowest BCUT2D eigenvalue weighted by Gasteiger charge is -2.25. The van der Waals surface area contributed by atoms with E-state index in [0.29, 0.717) is 6.49 Å². The average Bonchev–Trinajstić information content (AvgIpc) is 2.31. The highest BCUT2D eigenvalue weighted by molar-refractivity contribution is 7.35. The maximum absolute atomic E-state index is 11.1. The second kappa shape index (κ2) is 6.36. The van der Waals surface area contributed by atoms with Gasteiger partial charge >= 0.3 is 0 Å². The zero-order valence-electron chi connectivity index (χ0n) is 13.2. The highest BCUT2D eigenvalue weighted by Gasteiger charge is 2.19. The maximum atomic E-state index is 11.1. The van der Waals surface area contributed by atoms with Crippen LogP contribution >= 0.6 is 0 Å². The molecule has 0 spiro atoms. The van der Waals surface area contributed by atoms with E-state index in [0.717, 1.165) is 12.9 Å². The molecular weight excluding hydrogens is 229 g/mol. The van der Waals surface area contributed by atoms with Crippen LogP contribution in [-0.4, -0.2) is 50.6 Å². The minimum Gasteiger partial charge on any atom is -0.299 e. The normalized spacial score (nSPS) is 9.84. The van der Waals surface area contributed by atoms with Crippen molar-refractivity contribution in [2.45, 2.75) is 20.8 Å². The van der Waals surface area contributed by atoms with Crippen molar-refractivity contribution < 1.29 is 4.79 Å². The largest absolute Gasteiger partial charge is 0.299 e. The molecule has 1 rings (SSSR count). The number of carbonyl (C=O) groups excluding carboxylic acids is 1. The Morgan fingerprint density at radius 3 is 2.26 bits per heavy atom. The molecule has 0 saturated carbocycles. The number of hydrazine groups is 1. The van der Waals surface area contributed by atoms with E-state index >= 15 is 0 Å². The molecule has 94 valence electrons. The van der Waals surface area contributed by atoms with Crippen molar-refractivity contribution in [2.75, 3.05) is 5.43 Å². The van der Waals surface area contributed by atoms with Gasteiger partial charge in [-0.15, -0.1) is 0 Å². The van der Waals surface area contributed by atoms with E-state index in [1.165, 1.54) is 34.4 Å². The van der Waals surface area contributed by atoms with Crippen molar-refractivity contribution in [1.29, 1.82) is 0 Å². The van der Waals surface area contributed by atoms with Crippen LogP contribution in [0.3, 0.4) is 0 Å². The van der Waals surface area contributed by atoms with Crippen LogP contribution in [0.15, 0.2) is 0 Å². The topological polar surface area (TPSA) is 41.1 Å². The van der Waals surface area contributed by atoms with Gasteiger partial charge < -0.3 is 0 Å². The molecule has 0 aliphatic carbocycles. The molecule has 0 aromatic heterocycles. The zero-order chi connectivity index (χ0) is 14.7. The van der Waals surface area contributed by atoms with Crippen molar-refractivity contribution in [3.05, 3.63) is 11.1 Å². The van der Waals surface area contributed by atoms with Crippen LogP contribution in [0.25, 0.3) is 0 Å². The van der Waals surface area contributed by atoms with Gasteiger partial charge in [-0.3, -0.25) is 15.6 Å². The fraction of sp³-hybridized carbons (Fsp3) is 0.300. The van der Waals surface area contributed by atoms with Crippen LogP contribution < -0.4 is 27.2 Å². The molecule has 0 saturated heterocycles. The molecule has 0 fully saturated rings. The number of carbonyl (C=O) groups is 1. The van der Waals surface area contributed by atoms with Crippen LogP contribution in [0, 0.1) is 13.8 Å². The highest BCUT2D eigenvalue weighted by atomic mass is 16.2. The lowest BCUT2D eigenvalue weighted by atomic mass is 9.16. The van der Waals surface area contributed by atoms with Crippen LogP contribution in [0.4, 0.5) is 5.69 Å². The van der Waals surface area contributed by atoms with E-state index in [1.54, 1.807) is 0 Å². The molecule has 1 amide bonds. The Morgan fingerprint density at radius 2 is 1.84 bits per heavy atom. The molecular formula is C10H20B6N2O. The van der Waals surface area contributed by atoms with Gasteiger partial charge in [0.1, 0.15) is 21.5 Å². The van der Waals surface area contributed by atoms with Crippen molar-refractivity contribution >= 4 is 72.7 Å². The number of benzene rings is 1. The molecule has 0 aliphatic rings. The number of anilines is 1. The third-order valence-corrected chi connectivity index (χ3v) is 3.81. The van der Waals surface area contributed by atoms with Gasteiger partial charge in [0.2, 0.25) is 5.91 Å². The van der Waals surface area contributed by atoms with E-state index < -0.39 is 0 Å². The molecule has 0 radical (unpaired) electrons. The second-order valence-corrected chi connectivity index (χ2v) is 5.46. The lowest BCUT2D eigenvalue weighted by Crippen LogP contribution is -2.48. The quantitative estimate of drug-likeness (QED) is 0.413. The maximum Gasteiger partial charge on any atom is 0.235 e. The van der Waals surface area contributed by atoms with Gasteiger partial charge in [-0.25, -0.2) is 0 Å². The molecule has 0 bridgehead atoms. The number of hydrogen-bond donors (Lipinski definition) is 2. The molecule has 1 aromatic carbocycles. The summed E-state index contributed by atoms with van der Waals surface area (Å²) in [6.45, 7) is 6.22. The van der Waals surface area contributed by atoms with Gasteiger partial charge in [-0.1, -0.05) is 22.0 Å². The number of rotatable bonds is 4. The first kappa shape index (κ1) is 15.9. The zero-order valence-corrected chi connectivity index (χ0v) is 13.2. The van der Waals surface area contributed by atoms with Crippen LogP contribution in [0.5, 0.6) is 0 Å². The first-order valence-electron chi connectivity index (χ1n) is 6.96. The second-order valence-electron chi connectivity index (χ2n) is 5.46. The summed E-state index contributed by atoms with van der Waals surface area (Å²) >= 11 is 0. The summed E-state index contributed by atoms with van der Waals surface area (Å²) in [6.07, 6.45) is 0. The fourth-order valence-corrected chi connectivity index (χ4v) is 2.81. The Kier molecular flexibility index (Phi) is 5.33. The first-order valence-corrected chi connectivity index (χ1v) is 6.96. The summed E-state index contributed by atoms with van der Waals surface area (Å²) in [7, 11) is 9.77. The fourth-order valence-electron chi connectivity index (χ4n) is 2.81. The molecule has 2 N–H and O–H groups in total. The van der Waals surface area contributed by atoms with Crippen LogP contribution in [0.1, 0.15) is 18.1 Å². The van der Waals surface area contributed by atoms with E-state index in [-0.39, 0.29) is 5.91 Å². The minimum atomic E-state index is -0.0796. The Hall–Kier alpha value is -1.12. The van der Waals surface area contributed by atoms with Crippen molar-refractivity contribution in [1.82, 2.24) is 5.43 Å². The predicted molar refractivity (Wildman–Crippen MR) is 99.3 cm³/mol. The molecule has 3 nitrogen and oxygen atoms in total. The van der Waals surface area contributed by atoms with E-state index in [4.69, 9.17) is 0 Å². The molecule has 0 heterocycles. The standard InChI is InChI=1S/C10H20B6N2O/c1-4-7(11)8(15-12)5(2)9(16(13)14)10(4)18-17-6(3)19/h15,18H,11-14H2,1-3H3,(H,17,19). The molecule has 0 aliphatic heterocycles. The van der Waals surface area contributed by atoms with E-state index in [1.807, 2.05) is 0 Å². The van der Waals surface area contributed by atoms with Crippen molar-refractivity contribution in [3.8, 4) is 0 Å². The Balaban J connectivity index is 3.46. The first-order chi connectivity index (χ1) is 8.81. The summed E-state index contributed by atoms with van der Waals surface area (Å²) in [5, 5.41) is 0. The van der Waals surface area contributed by atoms with E-state index in [9.17, 15) is 4.79 Å².